The second kappa shape index (κ2) is 5.41. The van der Waals surface area contributed by atoms with Gasteiger partial charge < -0.3 is 0 Å². The Morgan fingerprint density at radius 1 is 1.12 bits per heavy atom. The maximum atomic E-state index is 12.8. The van der Waals surface area contributed by atoms with Crippen LogP contribution in [-0.4, -0.2) is 11.6 Å². The first-order valence-corrected chi connectivity index (χ1v) is 9.89. The molecule has 4 rings (SSSR count). The molecule has 0 N–H and O–H groups in total. The van der Waals surface area contributed by atoms with Gasteiger partial charge in [-0.15, -0.1) is 0 Å². The SMILES string of the molecule is CCC(=O)[C@]1(C)CC[C@@H]2[C@H]3CCC4=CC(=O)CCC4=C3CC[C@@]21C. The highest BCUT2D eigenvalue weighted by Crippen LogP contribution is 2.67. The van der Waals surface area contributed by atoms with Crippen molar-refractivity contribution in [1.29, 1.82) is 0 Å². The Labute approximate surface area is 145 Å². The van der Waals surface area contributed by atoms with Crippen molar-refractivity contribution in [1.82, 2.24) is 0 Å². The topological polar surface area (TPSA) is 34.1 Å². The molecule has 24 heavy (non-hydrogen) atoms. The van der Waals surface area contributed by atoms with Gasteiger partial charge in [0, 0.05) is 18.3 Å². The van der Waals surface area contributed by atoms with Crippen LogP contribution in [0.3, 0.4) is 0 Å². The van der Waals surface area contributed by atoms with Gasteiger partial charge in [0.25, 0.3) is 0 Å². The number of fused-ring (bicyclic) bond motifs is 4. The van der Waals surface area contributed by atoms with Crippen LogP contribution in [0.2, 0.25) is 0 Å². The summed E-state index contributed by atoms with van der Waals surface area (Å²) in [6.45, 7) is 6.69. The molecule has 0 unspecified atom stereocenters. The Hall–Kier alpha value is -1.18. The predicted molar refractivity (Wildman–Crippen MR) is 95.5 cm³/mol. The number of hydrogen-bond donors (Lipinski definition) is 0. The molecule has 2 saturated carbocycles. The first-order chi connectivity index (χ1) is 11.4. The van der Waals surface area contributed by atoms with Crippen LogP contribution in [0, 0.1) is 22.7 Å². The third-order valence-corrected chi connectivity index (χ3v) is 8.27. The van der Waals surface area contributed by atoms with E-state index in [-0.39, 0.29) is 10.8 Å². The maximum absolute atomic E-state index is 12.8. The molecule has 0 aliphatic heterocycles. The van der Waals surface area contributed by atoms with Gasteiger partial charge in [-0.1, -0.05) is 26.3 Å². The minimum absolute atomic E-state index is 0.124. The lowest BCUT2D eigenvalue weighted by Gasteiger charge is -2.52. The number of hydrogen-bond acceptors (Lipinski definition) is 2. The zero-order valence-electron chi connectivity index (χ0n) is 15.4. The van der Waals surface area contributed by atoms with E-state index >= 15 is 0 Å². The third kappa shape index (κ3) is 2.01. The molecule has 0 radical (unpaired) electrons. The van der Waals surface area contributed by atoms with Crippen LogP contribution in [0.15, 0.2) is 22.8 Å². The molecule has 0 spiro atoms. The molecule has 0 amide bonds. The van der Waals surface area contributed by atoms with Crippen molar-refractivity contribution in [3.63, 3.8) is 0 Å². The average molecular weight is 326 g/mol. The highest BCUT2D eigenvalue weighted by molar-refractivity contribution is 5.93. The lowest BCUT2D eigenvalue weighted by atomic mass is 9.51. The summed E-state index contributed by atoms with van der Waals surface area (Å²) in [6.07, 6.45) is 11.1. The van der Waals surface area contributed by atoms with Crippen molar-refractivity contribution >= 4 is 11.6 Å². The minimum Gasteiger partial charge on any atom is -0.299 e. The fourth-order valence-corrected chi connectivity index (χ4v) is 6.65. The largest absolute Gasteiger partial charge is 0.299 e. The van der Waals surface area contributed by atoms with Crippen LogP contribution in [0.4, 0.5) is 0 Å². The second-order valence-electron chi connectivity index (χ2n) is 8.96. The highest BCUT2D eigenvalue weighted by Gasteiger charge is 2.61. The number of carbonyl (C=O) groups excluding carboxylic acids is 2. The average Bonchev–Trinajstić information content (AvgIpc) is 2.86. The molecule has 0 aromatic carbocycles. The van der Waals surface area contributed by atoms with E-state index in [1.54, 1.807) is 5.57 Å². The molecule has 0 heterocycles. The first-order valence-electron chi connectivity index (χ1n) is 9.89. The maximum Gasteiger partial charge on any atom is 0.156 e. The van der Waals surface area contributed by atoms with Crippen molar-refractivity contribution in [3.05, 3.63) is 22.8 Å². The molecule has 2 fully saturated rings. The van der Waals surface area contributed by atoms with Gasteiger partial charge in [0.1, 0.15) is 5.78 Å². The van der Waals surface area contributed by atoms with Gasteiger partial charge >= 0.3 is 0 Å². The van der Waals surface area contributed by atoms with Gasteiger partial charge in [0.2, 0.25) is 0 Å². The van der Waals surface area contributed by atoms with Crippen molar-refractivity contribution in [2.45, 2.75) is 78.6 Å². The molecule has 4 aliphatic rings. The van der Waals surface area contributed by atoms with Crippen LogP contribution >= 0.6 is 0 Å². The second-order valence-corrected chi connectivity index (χ2v) is 8.96. The molecule has 4 atom stereocenters. The molecule has 0 aromatic heterocycles. The number of ketones is 2. The van der Waals surface area contributed by atoms with Gasteiger partial charge in [0.15, 0.2) is 5.78 Å². The fraction of sp³-hybridized carbons (Fsp3) is 0.727. The zero-order chi connectivity index (χ0) is 17.1. The van der Waals surface area contributed by atoms with Crippen molar-refractivity contribution in [2.75, 3.05) is 0 Å². The summed E-state index contributed by atoms with van der Waals surface area (Å²) >= 11 is 0. The first kappa shape index (κ1) is 16.3. The smallest absolute Gasteiger partial charge is 0.156 e. The lowest BCUT2D eigenvalue weighted by molar-refractivity contribution is -0.136. The molecule has 0 aromatic rings. The highest BCUT2D eigenvalue weighted by atomic mass is 16.1. The Kier molecular flexibility index (Phi) is 3.67. The molecular weight excluding hydrogens is 296 g/mol. The number of Topliss-reactive ketones (excluding diaryl/α,β-unsaturated/α-hetero) is 1. The van der Waals surface area contributed by atoms with Gasteiger partial charge in [-0.25, -0.2) is 0 Å². The normalized spacial score (nSPS) is 41.5. The fourth-order valence-electron chi connectivity index (χ4n) is 6.65. The number of rotatable bonds is 2. The van der Waals surface area contributed by atoms with Crippen molar-refractivity contribution in [3.8, 4) is 0 Å². The standard InChI is InChI=1S/C22H30O2/c1-4-20(24)22(3)12-10-19-18-7-5-14-13-15(23)6-8-16(14)17(18)9-11-21(19,22)2/h13,18-19H,4-12H2,1-3H3/t18-,19+,21-,22-/m0/s1. The predicted octanol–water partition coefficient (Wildman–Crippen LogP) is 5.18. The molecule has 2 heteroatoms. The summed E-state index contributed by atoms with van der Waals surface area (Å²) in [7, 11) is 0. The van der Waals surface area contributed by atoms with E-state index < -0.39 is 0 Å². The molecule has 0 bridgehead atoms. The summed E-state index contributed by atoms with van der Waals surface area (Å²) in [6, 6.07) is 0. The Morgan fingerprint density at radius 3 is 2.67 bits per heavy atom. The summed E-state index contributed by atoms with van der Waals surface area (Å²) in [5, 5.41) is 0. The van der Waals surface area contributed by atoms with E-state index in [2.05, 4.69) is 13.8 Å². The van der Waals surface area contributed by atoms with Crippen LogP contribution in [-0.2, 0) is 9.59 Å². The Morgan fingerprint density at radius 2 is 1.92 bits per heavy atom. The number of allylic oxidation sites excluding steroid dienone is 4. The van der Waals surface area contributed by atoms with E-state index in [1.807, 2.05) is 13.0 Å². The third-order valence-electron chi connectivity index (χ3n) is 8.27. The van der Waals surface area contributed by atoms with Crippen molar-refractivity contribution < 1.29 is 9.59 Å². The summed E-state index contributed by atoms with van der Waals surface area (Å²) in [5.41, 5.74) is 4.58. The molecule has 2 nitrogen and oxygen atoms in total. The van der Waals surface area contributed by atoms with E-state index in [9.17, 15) is 9.59 Å². The van der Waals surface area contributed by atoms with Crippen LogP contribution in [0.5, 0.6) is 0 Å². The van der Waals surface area contributed by atoms with Gasteiger partial charge in [-0.05, 0) is 79.4 Å². The number of carbonyl (C=O) groups is 2. The monoisotopic (exact) mass is 326 g/mol. The van der Waals surface area contributed by atoms with E-state index in [4.69, 9.17) is 0 Å². The van der Waals surface area contributed by atoms with Gasteiger partial charge in [-0.3, -0.25) is 9.59 Å². The summed E-state index contributed by atoms with van der Waals surface area (Å²) in [5.74, 6) is 2.11. The Balaban J connectivity index is 1.72. The summed E-state index contributed by atoms with van der Waals surface area (Å²) in [4.78, 5) is 24.5. The van der Waals surface area contributed by atoms with Gasteiger partial charge in [0.05, 0.1) is 0 Å². The van der Waals surface area contributed by atoms with E-state index in [1.165, 1.54) is 24.0 Å². The van der Waals surface area contributed by atoms with E-state index in [0.29, 0.717) is 36.2 Å². The van der Waals surface area contributed by atoms with Crippen LogP contribution in [0.1, 0.15) is 78.6 Å². The molecular formula is C22H30O2. The van der Waals surface area contributed by atoms with Crippen LogP contribution in [0.25, 0.3) is 0 Å². The molecule has 0 saturated heterocycles. The lowest BCUT2D eigenvalue weighted by Crippen LogP contribution is -2.47. The molecule has 4 aliphatic carbocycles. The van der Waals surface area contributed by atoms with Gasteiger partial charge in [-0.2, -0.15) is 0 Å². The minimum atomic E-state index is -0.124. The van der Waals surface area contributed by atoms with Crippen molar-refractivity contribution in [2.24, 2.45) is 22.7 Å². The zero-order valence-corrected chi connectivity index (χ0v) is 15.4. The van der Waals surface area contributed by atoms with E-state index in [0.717, 1.165) is 32.1 Å². The van der Waals surface area contributed by atoms with Crippen LogP contribution < -0.4 is 0 Å². The quantitative estimate of drug-likeness (QED) is 0.701. The summed E-state index contributed by atoms with van der Waals surface area (Å²) < 4.78 is 0. The Bertz CT molecular complexity index is 667. The molecule has 130 valence electrons.